The van der Waals surface area contributed by atoms with Gasteiger partial charge in [-0.3, -0.25) is 19.5 Å². The van der Waals surface area contributed by atoms with Crippen LogP contribution >= 0.6 is 0 Å². The van der Waals surface area contributed by atoms with Gasteiger partial charge in [-0.2, -0.15) is 0 Å². The minimum absolute atomic E-state index is 0.0116. The molecular weight excluding hydrogens is 363 g/mol. The lowest BCUT2D eigenvalue weighted by molar-refractivity contribution is -0.131. The van der Waals surface area contributed by atoms with Crippen molar-refractivity contribution in [1.29, 1.82) is 0 Å². The summed E-state index contributed by atoms with van der Waals surface area (Å²) in [6, 6.07) is 3.04. The van der Waals surface area contributed by atoms with Crippen molar-refractivity contribution in [2.24, 2.45) is 11.8 Å². The van der Waals surface area contributed by atoms with Gasteiger partial charge >= 0.3 is 0 Å². The second-order valence-electron chi connectivity index (χ2n) is 8.12. The summed E-state index contributed by atoms with van der Waals surface area (Å²) in [5, 5.41) is 0. The van der Waals surface area contributed by atoms with E-state index in [9.17, 15) is 14.0 Å². The molecule has 0 unspecified atom stereocenters. The van der Waals surface area contributed by atoms with Crippen molar-refractivity contribution in [2.45, 2.75) is 31.5 Å². The zero-order valence-corrected chi connectivity index (χ0v) is 17.0. The van der Waals surface area contributed by atoms with Gasteiger partial charge < -0.3 is 14.5 Å². The molecule has 2 fully saturated rings. The summed E-state index contributed by atoms with van der Waals surface area (Å²) >= 11 is 0. The zero-order chi connectivity index (χ0) is 20.4. The van der Waals surface area contributed by atoms with E-state index >= 15 is 0 Å². The maximum absolute atomic E-state index is 14.1. The number of nitrogens with zero attached hydrogens (tertiary/aromatic N) is 4. The van der Waals surface area contributed by atoms with Crippen LogP contribution in [-0.4, -0.2) is 85.0 Å². The van der Waals surface area contributed by atoms with Gasteiger partial charge in [0.05, 0.1) is 24.8 Å². The maximum atomic E-state index is 14.1. The number of rotatable bonds is 6. The minimum atomic E-state index is -0.329. The molecule has 0 aromatic carbocycles. The van der Waals surface area contributed by atoms with Gasteiger partial charge in [0.25, 0.3) is 0 Å². The van der Waals surface area contributed by atoms with Crippen molar-refractivity contribution in [1.82, 2.24) is 19.7 Å². The van der Waals surface area contributed by atoms with Crippen LogP contribution in [0.5, 0.6) is 0 Å². The first-order chi connectivity index (χ1) is 13.3. The molecule has 3 heterocycles. The molecule has 0 radical (unpaired) electrons. The lowest BCUT2D eigenvalue weighted by atomic mass is 9.84. The Kier molecular flexibility index (Phi) is 6.30. The van der Waals surface area contributed by atoms with Gasteiger partial charge in [-0.15, -0.1) is 0 Å². The largest absolute Gasteiger partial charge is 0.376 e. The van der Waals surface area contributed by atoms with E-state index in [1.54, 1.807) is 50.3 Å². The van der Waals surface area contributed by atoms with Crippen molar-refractivity contribution in [3.8, 4) is 0 Å². The quantitative estimate of drug-likeness (QED) is 0.723. The number of fused-ring (bicyclic) bond motifs is 1. The molecular formula is C20H29FN4O3. The Bertz CT molecular complexity index is 727. The van der Waals surface area contributed by atoms with E-state index in [2.05, 4.69) is 9.88 Å². The predicted octanol–water partition coefficient (Wildman–Crippen LogP) is 0.993. The molecule has 2 aliphatic heterocycles. The zero-order valence-electron chi connectivity index (χ0n) is 17.0. The van der Waals surface area contributed by atoms with E-state index in [1.165, 1.54) is 6.07 Å². The molecule has 1 aromatic rings. The summed E-state index contributed by atoms with van der Waals surface area (Å²) < 4.78 is 20.1. The van der Waals surface area contributed by atoms with Gasteiger partial charge in [0.1, 0.15) is 5.82 Å². The molecule has 0 aliphatic carbocycles. The summed E-state index contributed by atoms with van der Waals surface area (Å²) in [4.78, 5) is 34.1. The predicted molar refractivity (Wildman–Crippen MR) is 102 cm³/mol. The molecule has 7 nitrogen and oxygen atoms in total. The monoisotopic (exact) mass is 392 g/mol. The number of hydrogen-bond acceptors (Lipinski definition) is 5. The number of ether oxygens (including phenoxy) is 1. The fourth-order valence-electron chi connectivity index (χ4n) is 4.28. The van der Waals surface area contributed by atoms with Crippen molar-refractivity contribution in [2.75, 3.05) is 41.3 Å². The number of hydrogen-bond donors (Lipinski definition) is 0. The smallest absolute Gasteiger partial charge is 0.224 e. The molecule has 2 saturated heterocycles. The fourth-order valence-corrected chi connectivity index (χ4v) is 4.28. The number of aromatic nitrogens is 1. The third-order valence-corrected chi connectivity index (χ3v) is 5.83. The van der Waals surface area contributed by atoms with Crippen LogP contribution in [0.15, 0.2) is 18.3 Å². The minimum Gasteiger partial charge on any atom is -0.376 e. The van der Waals surface area contributed by atoms with E-state index in [1.807, 2.05) is 0 Å². The van der Waals surface area contributed by atoms with Crippen LogP contribution in [0.4, 0.5) is 4.39 Å². The number of likely N-dealkylation sites (tertiary alicyclic amines) is 1. The van der Waals surface area contributed by atoms with Crippen molar-refractivity contribution in [3.05, 3.63) is 29.8 Å². The Balaban J connectivity index is 1.79. The van der Waals surface area contributed by atoms with E-state index in [0.29, 0.717) is 38.2 Å². The lowest BCUT2D eigenvalue weighted by Gasteiger charge is -2.24. The van der Waals surface area contributed by atoms with Crippen LogP contribution in [0.25, 0.3) is 0 Å². The highest BCUT2D eigenvalue weighted by Gasteiger charge is 2.51. The van der Waals surface area contributed by atoms with Gasteiger partial charge in [0.2, 0.25) is 11.8 Å². The first-order valence-electron chi connectivity index (χ1n) is 9.63. The van der Waals surface area contributed by atoms with Gasteiger partial charge in [0.15, 0.2) is 0 Å². The van der Waals surface area contributed by atoms with E-state index in [0.717, 1.165) is 0 Å². The number of carbonyl (C=O) groups excluding carboxylic acids is 2. The average molecular weight is 392 g/mol. The molecule has 0 spiro atoms. The summed E-state index contributed by atoms with van der Waals surface area (Å²) in [7, 11) is 6.95. The van der Waals surface area contributed by atoms with E-state index in [4.69, 9.17) is 4.74 Å². The molecule has 154 valence electrons. The Hall–Kier alpha value is -2.06. The third-order valence-electron chi connectivity index (χ3n) is 5.83. The molecule has 2 aliphatic rings. The number of halogens is 1. The molecule has 28 heavy (non-hydrogen) atoms. The first kappa shape index (κ1) is 20.7. The molecule has 0 saturated carbocycles. The Morgan fingerprint density at radius 1 is 1.21 bits per heavy atom. The van der Waals surface area contributed by atoms with Crippen LogP contribution < -0.4 is 0 Å². The SMILES string of the molecule is CN(C)C(=O)C[C@@H]1CN(Cc2ncccc2F)[C@@H]2CO[C@@H](CC(=O)N(C)C)[C@H]12. The van der Waals surface area contributed by atoms with Crippen LogP contribution in [0.1, 0.15) is 18.5 Å². The Morgan fingerprint density at radius 3 is 2.54 bits per heavy atom. The van der Waals surface area contributed by atoms with Crippen molar-refractivity contribution >= 4 is 11.8 Å². The molecule has 2 amide bonds. The molecule has 8 heteroatoms. The highest BCUT2D eigenvalue weighted by Crippen LogP contribution is 2.42. The second kappa shape index (κ2) is 8.53. The standard InChI is InChI=1S/C20H29FN4O3/c1-23(2)18(26)8-13-10-25(11-15-14(21)6-5-7-22-15)16-12-28-17(20(13)16)9-19(27)24(3)4/h5-7,13,16-17,20H,8-12H2,1-4H3/t13-,16-,17+,20-/m1/s1. The fraction of sp³-hybridized carbons (Fsp3) is 0.650. The number of amides is 2. The first-order valence-corrected chi connectivity index (χ1v) is 9.63. The lowest BCUT2D eigenvalue weighted by Crippen LogP contribution is -2.35. The van der Waals surface area contributed by atoms with Gasteiger partial charge in [-0.25, -0.2) is 4.39 Å². The number of carbonyl (C=O) groups is 2. The van der Waals surface area contributed by atoms with Crippen LogP contribution in [0, 0.1) is 17.7 Å². The molecule has 0 N–H and O–H groups in total. The van der Waals surface area contributed by atoms with Crippen LogP contribution in [-0.2, 0) is 20.9 Å². The maximum Gasteiger partial charge on any atom is 0.224 e. The highest BCUT2D eigenvalue weighted by atomic mass is 19.1. The summed E-state index contributed by atoms with van der Waals surface area (Å²) in [5.74, 6) is -0.129. The topological polar surface area (TPSA) is 66.0 Å². The molecule has 4 atom stereocenters. The second-order valence-corrected chi connectivity index (χ2v) is 8.12. The summed E-state index contributed by atoms with van der Waals surface area (Å²) in [6.45, 7) is 1.52. The van der Waals surface area contributed by atoms with Crippen LogP contribution in [0.3, 0.4) is 0 Å². The molecule has 3 rings (SSSR count). The van der Waals surface area contributed by atoms with Crippen LogP contribution in [0.2, 0.25) is 0 Å². The summed E-state index contributed by atoms with van der Waals surface area (Å²) in [6.07, 6.45) is 2.05. The van der Waals surface area contributed by atoms with Crippen molar-refractivity contribution < 1.29 is 18.7 Å². The van der Waals surface area contributed by atoms with Gasteiger partial charge in [-0.05, 0) is 18.1 Å². The highest BCUT2D eigenvalue weighted by molar-refractivity contribution is 5.77. The third kappa shape index (κ3) is 4.33. The number of pyridine rings is 1. The van der Waals surface area contributed by atoms with Crippen molar-refractivity contribution in [3.63, 3.8) is 0 Å². The van der Waals surface area contributed by atoms with Gasteiger partial charge in [0, 0.05) is 65.9 Å². The average Bonchev–Trinajstić information content (AvgIpc) is 3.19. The Morgan fingerprint density at radius 2 is 1.89 bits per heavy atom. The molecule has 0 bridgehead atoms. The molecule has 1 aromatic heterocycles. The Labute approximate surface area is 165 Å². The summed E-state index contributed by atoms with van der Waals surface area (Å²) in [5.41, 5.74) is 0.397. The normalized spacial score (nSPS) is 26.9. The van der Waals surface area contributed by atoms with E-state index < -0.39 is 0 Å². The van der Waals surface area contributed by atoms with E-state index in [-0.39, 0.29) is 41.6 Å². The van der Waals surface area contributed by atoms with Gasteiger partial charge in [-0.1, -0.05) is 0 Å².